The van der Waals surface area contributed by atoms with Gasteiger partial charge >= 0.3 is 0 Å². The van der Waals surface area contributed by atoms with Crippen molar-refractivity contribution in [3.8, 4) is 0 Å². The number of aryl methyl sites for hydroxylation is 1. The van der Waals surface area contributed by atoms with E-state index in [2.05, 4.69) is 30.2 Å². The smallest absolute Gasteiger partial charge is 0.0593 e. The van der Waals surface area contributed by atoms with Crippen LogP contribution >= 0.6 is 11.3 Å². The lowest BCUT2D eigenvalue weighted by Gasteiger charge is -2.40. The van der Waals surface area contributed by atoms with Gasteiger partial charge in [0.2, 0.25) is 0 Å². The number of hydrogen-bond donors (Lipinski definition) is 2. The van der Waals surface area contributed by atoms with Crippen molar-refractivity contribution in [3.05, 3.63) is 21.9 Å². The summed E-state index contributed by atoms with van der Waals surface area (Å²) in [5.74, 6) is 0.625. The molecule has 0 amide bonds. The molecule has 19 heavy (non-hydrogen) atoms. The molecule has 3 atom stereocenters. The summed E-state index contributed by atoms with van der Waals surface area (Å²) in [6, 6.07) is 2.66. The van der Waals surface area contributed by atoms with Crippen LogP contribution in [0.15, 0.2) is 11.4 Å². The number of hydrogen-bond acceptors (Lipinski definition) is 4. The summed E-state index contributed by atoms with van der Waals surface area (Å²) in [6.07, 6.45) is 3.38. The molecule has 3 unspecified atom stereocenters. The van der Waals surface area contributed by atoms with Gasteiger partial charge in [-0.2, -0.15) is 0 Å². The van der Waals surface area contributed by atoms with Crippen LogP contribution in [0.1, 0.15) is 42.7 Å². The fraction of sp³-hybridized carbons (Fsp3) is 0.733. The molecule has 0 aromatic carbocycles. The second kappa shape index (κ2) is 6.84. The highest BCUT2D eigenvalue weighted by atomic mass is 32.1. The maximum absolute atomic E-state index is 9.14. The monoisotopic (exact) mass is 282 g/mol. The number of likely N-dealkylation sites (tertiary alicyclic amines) is 1. The van der Waals surface area contributed by atoms with E-state index >= 15 is 0 Å². The lowest BCUT2D eigenvalue weighted by molar-refractivity contribution is 0.0981. The lowest BCUT2D eigenvalue weighted by Crippen LogP contribution is -2.44. The van der Waals surface area contributed by atoms with Gasteiger partial charge in [0.25, 0.3) is 0 Å². The van der Waals surface area contributed by atoms with Crippen LogP contribution in [0.2, 0.25) is 0 Å². The Hall–Kier alpha value is -0.420. The quantitative estimate of drug-likeness (QED) is 0.872. The highest BCUT2D eigenvalue weighted by molar-refractivity contribution is 7.10. The summed E-state index contributed by atoms with van der Waals surface area (Å²) in [5.41, 5.74) is 7.62. The Kier molecular flexibility index (Phi) is 5.39. The van der Waals surface area contributed by atoms with Crippen molar-refractivity contribution in [1.29, 1.82) is 0 Å². The fourth-order valence-electron chi connectivity index (χ4n) is 3.19. The molecule has 3 N–H and O–H groups in total. The van der Waals surface area contributed by atoms with Crippen LogP contribution in [0.5, 0.6) is 0 Å². The number of piperidine rings is 1. The second-order valence-electron chi connectivity index (χ2n) is 5.79. The topological polar surface area (TPSA) is 49.5 Å². The average molecular weight is 282 g/mol. The Balaban J connectivity index is 2.13. The normalized spacial score (nSPS) is 24.3. The Labute approximate surface area is 120 Å². The number of thiophene rings is 1. The highest BCUT2D eigenvalue weighted by Crippen LogP contribution is 2.34. The predicted octanol–water partition coefficient (Wildman–Crippen LogP) is 2.54. The summed E-state index contributed by atoms with van der Waals surface area (Å²) in [7, 11) is 0. The standard InChI is InChI=1S/C15H26N2OS/c1-11-6-9-19-15(11)14(12(2)16)17-7-3-4-13(10-17)5-8-18/h6,9,12-14,18H,3-5,7-8,10,16H2,1-2H3. The van der Waals surface area contributed by atoms with Gasteiger partial charge in [0.05, 0.1) is 6.04 Å². The third kappa shape index (κ3) is 3.57. The van der Waals surface area contributed by atoms with Crippen molar-refractivity contribution in [2.75, 3.05) is 19.7 Å². The van der Waals surface area contributed by atoms with Gasteiger partial charge in [-0.3, -0.25) is 4.90 Å². The first-order valence-corrected chi connectivity index (χ1v) is 8.16. The molecule has 1 saturated heterocycles. The molecule has 0 radical (unpaired) electrons. The summed E-state index contributed by atoms with van der Waals surface area (Å²) in [4.78, 5) is 3.95. The number of nitrogens with zero attached hydrogens (tertiary/aromatic N) is 1. The second-order valence-corrected chi connectivity index (χ2v) is 6.73. The Morgan fingerprint density at radius 2 is 2.37 bits per heavy atom. The van der Waals surface area contributed by atoms with Gasteiger partial charge in [0.15, 0.2) is 0 Å². The molecule has 3 nitrogen and oxygen atoms in total. The molecular formula is C15H26N2OS. The van der Waals surface area contributed by atoms with Gasteiger partial charge in [-0.05, 0) is 62.6 Å². The van der Waals surface area contributed by atoms with Gasteiger partial charge in [0.1, 0.15) is 0 Å². The number of rotatable bonds is 5. The highest BCUT2D eigenvalue weighted by Gasteiger charge is 2.30. The Bertz CT molecular complexity index is 389. The molecule has 0 bridgehead atoms. The zero-order valence-corrected chi connectivity index (χ0v) is 12.8. The molecule has 4 heteroatoms. The van der Waals surface area contributed by atoms with Crippen LogP contribution in [0.4, 0.5) is 0 Å². The summed E-state index contributed by atoms with van der Waals surface area (Å²) in [5, 5.41) is 11.3. The van der Waals surface area contributed by atoms with Gasteiger partial charge < -0.3 is 10.8 Å². The van der Waals surface area contributed by atoms with E-state index in [-0.39, 0.29) is 6.04 Å². The molecule has 1 fully saturated rings. The number of aliphatic hydroxyl groups excluding tert-OH is 1. The molecule has 1 aliphatic heterocycles. The molecule has 108 valence electrons. The van der Waals surface area contributed by atoms with Crippen molar-refractivity contribution < 1.29 is 5.11 Å². The predicted molar refractivity (Wildman–Crippen MR) is 81.4 cm³/mol. The largest absolute Gasteiger partial charge is 0.396 e. The zero-order chi connectivity index (χ0) is 13.8. The molecule has 1 aromatic heterocycles. The van der Waals surface area contributed by atoms with Crippen LogP contribution < -0.4 is 5.73 Å². The van der Waals surface area contributed by atoms with Crippen LogP contribution in [-0.2, 0) is 0 Å². The first-order valence-electron chi connectivity index (χ1n) is 7.28. The van der Waals surface area contributed by atoms with E-state index in [9.17, 15) is 0 Å². The molecule has 0 saturated carbocycles. The van der Waals surface area contributed by atoms with Gasteiger partial charge in [-0.15, -0.1) is 11.3 Å². The van der Waals surface area contributed by atoms with E-state index in [1.54, 1.807) is 0 Å². The molecule has 1 aliphatic rings. The number of aliphatic hydroxyl groups is 1. The first-order chi connectivity index (χ1) is 9.13. The van der Waals surface area contributed by atoms with Crippen molar-refractivity contribution in [2.45, 2.75) is 45.2 Å². The Morgan fingerprint density at radius 3 is 2.95 bits per heavy atom. The van der Waals surface area contributed by atoms with Crippen molar-refractivity contribution in [1.82, 2.24) is 4.90 Å². The summed E-state index contributed by atoms with van der Waals surface area (Å²) in [6.45, 7) is 6.80. The van der Waals surface area contributed by atoms with Crippen LogP contribution in [-0.4, -0.2) is 35.7 Å². The fourth-order valence-corrected chi connectivity index (χ4v) is 4.37. The van der Waals surface area contributed by atoms with Gasteiger partial charge in [-0.25, -0.2) is 0 Å². The zero-order valence-electron chi connectivity index (χ0n) is 12.0. The van der Waals surface area contributed by atoms with E-state index < -0.39 is 0 Å². The minimum absolute atomic E-state index is 0.144. The molecule has 0 spiro atoms. The van der Waals surface area contributed by atoms with Crippen LogP contribution in [0.25, 0.3) is 0 Å². The third-order valence-corrected chi connectivity index (χ3v) is 5.24. The summed E-state index contributed by atoms with van der Waals surface area (Å²) >= 11 is 1.82. The maximum Gasteiger partial charge on any atom is 0.0593 e. The minimum Gasteiger partial charge on any atom is -0.396 e. The van der Waals surface area contributed by atoms with Crippen LogP contribution in [0.3, 0.4) is 0 Å². The molecule has 1 aromatic rings. The molecule has 2 rings (SSSR count). The molecule has 2 heterocycles. The SMILES string of the molecule is Cc1ccsc1C(C(C)N)N1CCCC(CCO)C1. The average Bonchev–Trinajstić information content (AvgIpc) is 2.77. The Morgan fingerprint density at radius 1 is 1.58 bits per heavy atom. The van der Waals surface area contributed by atoms with E-state index in [4.69, 9.17) is 10.8 Å². The van der Waals surface area contributed by atoms with Crippen molar-refractivity contribution >= 4 is 11.3 Å². The maximum atomic E-state index is 9.14. The van der Waals surface area contributed by atoms with E-state index in [1.807, 2.05) is 11.3 Å². The molecule has 0 aliphatic carbocycles. The van der Waals surface area contributed by atoms with Crippen molar-refractivity contribution in [3.63, 3.8) is 0 Å². The number of nitrogens with two attached hydrogens (primary N) is 1. The lowest BCUT2D eigenvalue weighted by atomic mass is 9.92. The van der Waals surface area contributed by atoms with Crippen LogP contribution in [0, 0.1) is 12.8 Å². The van der Waals surface area contributed by atoms with Gasteiger partial charge in [-0.1, -0.05) is 0 Å². The third-order valence-electron chi connectivity index (χ3n) is 4.15. The first kappa shape index (κ1) is 15.0. The van der Waals surface area contributed by atoms with E-state index in [1.165, 1.54) is 23.3 Å². The summed E-state index contributed by atoms with van der Waals surface area (Å²) < 4.78 is 0. The van der Waals surface area contributed by atoms with Gasteiger partial charge in [0, 0.05) is 24.1 Å². The van der Waals surface area contributed by atoms with E-state index in [0.29, 0.717) is 18.6 Å². The van der Waals surface area contributed by atoms with E-state index in [0.717, 1.165) is 19.5 Å². The minimum atomic E-state index is 0.144. The molecular weight excluding hydrogens is 256 g/mol. The van der Waals surface area contributed by atoms with Crippen molar-refractivity contribution in [2.24, 2.45) is 11.7 Å².